The summed E-state index contributed by atoms with van der Waals surface area (Å²) in [5, 5.41) is 12.7. The van der Waals surface area contributed by atoms with Crippen LogP contribution >= 0.6 is 0 Å². The maximum absolute atomic E-state index is 12.3. The van der Waals surface area contributed by atoms with Gasteiger partial charge in [-0.25, -0.2) is 0 Å². The second-order valence-electron chi connectivity index (χ2n) is 16.2. The molecule has 0 fully saturated rings. The summed E-state index contributed by atoms with van der Waals surface area (Å²) in [6.45, 7) is 10.8. The molecule has 0 bridgehead atoms. The van der Waals surface area contributed by atoms with Crippen molar-refractivity contribution in [2.24, 2.45) is 35.1 Å². The maximum atomic E-state index is 12.3. The summed E-state index contributed by atoms with van der Waals surface area (Å²) in [4.78, 5) is 24.5. The molecule has 4 unspecified atom stereocenters. The summed E-state index contributed by atoms with van der Waals surface area (Å²) in [5.74, 6) is 3.32. The average molecular weight is 759 g/mol. The van der Waals surface area contributed by atoms with Gasteiger partial charge in [-0.05, 0) is 94.4 Å². The molecule has 4 atom stereocenters. The van der Waals surface area contributed by atoms with Gasteiger partial charge in [0.1, 0.15) is 0 Å². The van der Waals surface area contributed by atoms with Crippen molar-refractivity contribution in [1.82, 2.24) is 21.3 Å². The number of unbranched alkanes of at least 4 members (excludes halogenated alkanes) is 15. The first-order valence-corrected chi connectivity index (χ1v) is 23.3. The Kier molecular flexibility index (Phi) is 35.5. The fourth-order valence-electron chi connectivity index (χ4n) is 8.21. The Bertz CT molecular complexity index is 912. The van der Waals surface area contributed by atoms with E-state index in [-0.39, 0.29) is 11.8 Å². The molecular formula is C46H90N6O2. The zero-order valence-corrected chi connectivity index (χ0v) is 35.6. The van der Waals surface area contributed by atoms with E-state index in [0.29, 0.717) is 44.3 Å². The molecule has 1 rings (SSSR count). The van der Waals surface area contributed by atoms with Crippen molar-refractivity contribution in [1.29, 1.82) is 0 Å². The molecule has 54 heavy (non-hydrogen) atoms. The van der Waals surface area contributed by atoms with Crippen LogP contribution in [-0.2, 0) is 9.59 Å². The van der Waals surface area contributed by atoms with Gasteiger partial charge < -0.3 is 32.7 Å². The summed E-state index contributed by atoms with van der Waals surface area (Å²) in [5.41, 5.74) is 11.0. The summed E-state index contributed by atoms with van der Waals surface area (Å²) >= 11 is 0. The molecule has 8 heteroatoms. The highest BCUT2D eigenvalue weighted by Crippen LogP contribution is 2.44. The lowest BCUT2D eigenvalue weighted by molar-refractivity contribution is -0.122. The molecule has 0 radical (unpaired) electrons. The van der Waals surface area contributed by atoms with Gasteiger partial charge in [-0.15, -0.1) is 0 Å². The quantitative estimate of drug-likeness (QED) is 0.0274. The molecule has 0 saturated carbocycles. The minimum atomic E-state index is 0.175. The number of carbonyl (C=O) groups is 2. The van der Waals surface area contributed by atoms with E-state index in [2.05, 4.69) is 59.4 Å². The zero-order chi connectivity index (χ0) is 39.2. The van der Waals surface area contributed by atoms with Crippen LogP contribution in [0.3, 0.4) is 0 Å². The van der Waals surface area contributed by atoms with E-state index in [9.17, 15) is 9.59 Å². The van der Waals surface area contributed by atoms with Crippen LogP contribution in [0.2, 0.25) is 0 Å². The fraction of sp³-hybridized carbons (Fsp3) is 0.870. The molecular weight excluding hydrogens is 669 g/mol. The molecule has 0 aromatic rings. The number of nitrogens with one attached hydrogen (secondary N) is 4. The molecule has 8 N–H and O–H groups in total. The van der Waals surface area contributed by atoms with Gasteiger partial charge in [0.25, 0.3) is 0 Å². The highest BCUT2D eigenvalue weighted by molar-refractivity contribution is 5.76. The Morgan fingerprint density at radius 2 is 1.00 bits per heavy atom. The summed E-state index contributed by atoms with van der Waals surface area (Å²) in [6, 6.07) is 0. The number of hydrogen-bond acceptors (Lipinski definition) is 6. The molecule has 316 valence electrons. The topological polar surface area (TPSA) is 134 Å². The molecule has 2 amide bonds. The van der Waals surface area contributed by atoms with Crippen LogP contribution in [0.4, 0.5) is 0 Å². The Morgan fingerprint density at radius 1 is 0.500 bits per heavy atom. The summed E-state index contributed by atoms with van der Waals surface area (Å²) < 4.78 is 0. The third-order valence-corrected chi connectivity index (χ3v) is 11.4. The zero-order valence-electron chi connectivity index (χ0n) is 35.6. The molecule has 1 aliphatic rings. The normalized spacial score (nSPS) is 18.4. The molecule has 8 nitrogen and oxygen atoms in total. The van der Waals surface area contributed by atoms with Crippen molar-refractivity contribution in [3.8, 4) is 0 Å². The van der Waals surface area contributed by atoms with Gasteiger partial charge in [0.05, 0.1) is 0 Å². The third-order valence-electron chi connectivity index (χ3n) is 11.4. The monoisotopic (exact) mass is 759 g/mol. The Balaban J connectivity index is 2.62. The minimum absolute atomic E-state index is 0.175. The van der Waals surface area contributed by atoms with Crippen LogP contribution in [0.5, 0.6) is 0 Å². The minimum Gasteiger partial charge on any atom is -0.356 e. The lowest BCUT2D eigenvalue weighted by Crippen LogP contribution is -2.33. The van der Waals surface area contributed by atoms with E-state index < -0.39 is 0 Å². The van der Waals surface area contributed by atoms with Crippen molar-refractivity contribution in [2.75, 3.05) is 52.4 Å². The number of nitrogens with two attached hydrogens (primary N) is 2. The first-order valence-electron chi connectivity index (χ1n) is 23.3. The van der Waals surface area contributed by atoms with E-state index in [4.69, 9.17) is 11.5 Å². The van der Waals surface area contributed by atoms with Gasteiger partial charge in [0.15, 0.2) is 0 Å². The largest absolute Gasteiger partial charge is 0.356 e. The highest BCUT2D eigenvalue weighted by Gasteiger charge is 2.34. The number of carbonyl (C=O) groups excluding carboxylic acids is 2. The highest BCUT2D eigenvalue weighted by atomic mass is 16.2. The van der Waals surface area contributed by atoms with E-state index >= 15 is 0 Å². The first-order chi connectivity index (χ1) is 26.6. The van der Waals surface area contributed by atoms with E-state index in [1.807, 2.05) is 0 Å². The summed E-state index contributed by atoms with van der Waals surface area (Å²) in [6.07, 6.45) is 41.4. The Labute approximate surface area is 334 Å². The first kappa shape index (κ1) is 50.3. The van der Waals surface area contributed by atoms with Gasteiger partial charge in [-0.1, -0.05) is 128 Å². The van der Waals surface area contributed by atoms with Crippen LogP contribution < -0.4 is 32.7 Å². The smallest absolute Gasteiger partial charge is 0.220 e. The predicted molar refractivity (Wildman–Crippen MR) is 233 cm³/mol. The van der Waals surface area contributed by atoms with Gasteiger partial charge in [-0.3, -0.25) is 9.59 Å². The lowest BCUT2D eigenvalue weighted by atomic mass is 9.65. The standard InChI is InChI=1S/C46H90N6O2/c1-3-5-7-9-13-19-27-43-41(25-17-8-6-4-2)31-32-42(26-18-12-10-15-22-30-46(54)52-40-39-50-38-34-48)44(43)28-20-14-11-16-21-29-45(53)51-36-24-23-35-49-37-33-47/h13,19,31-32,41-44,49-50H,3-12,14-18,20-30,33-40,47-48H2,1-2H3,(H,51,53)(H,52,54)/b19-13+. The number of allylic oxidation sites excluding steroid dienone is 4. The SMILES string of the molecule is CCCCC/C=C/CC1C(CCCCCC)C=CC(CCCCCCCC(=O)NCCNCCN)C1CCCCCCCC(=O)NCCCCNCCN. The third kappa shape index (κ3) is 28.6. The van der Waals surface area contributed by atoms with Crippen molar-refractivity contribution in [3.63, 3.8) is 0 Å². The predicted octanol–water partition coefficient (Wildman–Crippen LogP) is 9.09. The van der Waals surface area contributed by atoms with Gasteiger partial charge in [-0.2, -0.15) is 0 Å². The number of rotatable bonds is 39. The van der Waals surface area contributed by atoms with E-state index in [0.717, 1.165) is 83.1 Å². The summed E-state index contributed by atoms with van der Waals surface area (Å²) in [7, 11) is 0. The van der Waals surface area contributed by atoms with Crippen molar-refractivity contribution >= 4 is 11.8 Å². The maximum Gasteiger partial charge on any atom is 0.220 e. The number of hydrogen-bond donors (Lipinski definition) is 6. The average Bonchev–Trinajstić information content (AvgIpc) is 3.17. The van der Waals surface area contributed by atoms with Crippen LogP contribution in [0, 0.1) is 23.7 Å². The lowest BCUT2D eigenvalue weighted by Gasteiger charge is -2.40. The molecule has 0 aliphatic heterocycles. The van der Waals surface area contributed by atoms with Crippen LogP contribution in [0.15, 0.2) is 24.3 Å². The van der Waals surface area contributed by atoms with Crippen LogP contribution in [0.1, 0.15) is 181 Å². The second-order valence-corrected chi connectivity index (χ2v) is 16.2. The van der Waals surface area contributed by atoms with Gasteiger partial charge >= 0.3 is 0 Å². The second kappa shape index (κ2) is 38.1. The van der Waals surface area contributed by atoms with Crippen molar-refractivity contribution < 1.29 is 9.59 Å². The molecule has 0 saturated heterocycles. The molecule has 1 aliphatic carbocycles. The van der Waals surface area contributed by atoms with Crippen LogP contribution in [0.25, 0.3) is 0 Å². The van der Waals surface area contributed by atoms with Crippen molar-refractivity contribution in [3.05, 3.63) is 24.3 Å². The van der Waals surface area contributed by atoms with Gasteiger partial charge in [0.2, 0.25) is 11.8 Å². The fourth-order valence-corrected chi connectivity index (χ4v) is 8.21. The Morgan fingerprint density at radius 3 is 1.63 bits per heavy atom. The molecule has 0 aromatic carbocycles. The van der Waals surface area contributed by atoms with E-state index in [1.165, 1.54) is 116 Å². The number of amides is 2. The van der Waals surface area contributed by atoms with Crippen LogP contribution in [-0.4, -0.2) is 64.2 Å². The molecule has 0 aromatic heterocycles. The molecule has 0 heterocycles. The van der Waals surface area contributed by atoms with Gasteiger partial charge in [0, 0.05) is 58.7 Å². The Hall–Kier alpha value is -1.74. The molecule has 0 spiro atoms. The van der Waals surface area contributed by atoms with Crippen molar-refractivity contribution in [2.45, 2.75) is 181 Å². The van der Waals surface area contributed by atoms with E-state index in [1.54, 1.807) is 0 Å².